The van der Waals surface area contributed by atoms with E-state index in [0.29, 0.717) is 0 Å². The van der Waals surface area contributed by atoms with Gasteiger partial charge in [0, 0.05) is 22.6 Å². The molecule has 1 aromatic carbocycles. The molecule has 0 unspecified atom stereocenters. The molecule has 0 bridgehead atoms. The van der Waals surface area contributed by atoms with Crippen molar-refractivity contribution in [2.75, 3.05) is 5.73 Å². The molecule has 1 rings (SSSR count). The Kier molecular flexibility index (Phi) is 3.85. The third-order valence-electron chi connectivity index (χ3n) is 1.88. The minimum atomic E-state index is -4.34. The SMILES string of the molecule is CCC(=O)c1ccc(SC(F)(F)F)cc1N. The van der Waals surface area contributed by atoms with Crippen molar-refractivity contribution in [3.8, 4) is 0 Å². The first-order chi connectivity index (χ1) is 7.33. The molecule has 0 aliphatic rings. The van der Waals surface area contributed by atoms with Crippen LogP contribution in [0, 0.1) is 0 Å². The van der Waals surface area contributed by atoms with Crippen LogP contribution in [-0.2, 0) is 0 Å². The predicted octanol–water partition coefficient (Wildman–Crippen LogP) is 3.47. The molecular formula is C10H10F3NOS. The molecular weight excluding hydrogens is 239 g/mol. The molecule has 0 aliphatic heterocycles. The summed E-state index contributed by atoms with van der Waals surface area (Å²) in [7, 11) is 0. The van der Waals surface area contributed by atoms with Crippen molar-refractivity contribution in [3.05, 3.63) is 23.8 Å². The summed E-state index contributed by atoms with van der Waals surface area (Å²) in [6.07, 6.45) is 0.274. The minimum Gasteiger partial charge on any atom is -0.398 e. The highest BCUT2D eigenvalue weighted by molar-refractivity contribution is 8.00. The second-order valence-corrected chi connectivity index (χ2v) is 4.21. The number of ketones is 1. The Hall–Kier alpha value is -1.17. The van der Waals surface area contributed by atoms with Crippen LogP contribution in [-0.4, -0.2) is 11.3 Å². The van der Waals surface area contributed by atoms with Crippen molar-refractivity contribution in [2.45, 2.75) is 23.7 Å². The molecule has 2 nitrogen and oxygen atoms in total. The molecule has 88 valence electrons. The molecule has 0 spiro atoms. The highest BCUT2D eigenvalue weighted by Crippen LogP contribution is 2.37. The van der Waals surface area contributed by atoms with Crippen molar-refractivity contribution >= 4 is 23.2 Å². The lowest BCUT2D eigenvalue weighted by Gasteiger charge is -2.08. The van der Waals surface area contributed by atoms with E-state index in [1.54, 1.807) is 6.92 Å². The largest absolute Gasteiger partial charge is 0.446 e. The van der Waals surface area contributed by atoms with Gasteiger partial charge in [0.1, 0.15) is 0 Å². The van der Waals surface area contributed by atoms with Gasteiger partial charge in [-0.25, -0.2) is 0 Å². The molecule has 0 saturated heterocycles. The maximum absolute atomic E-state index is 12.1. The van der Waals surface area contributed by atoms with Gasteiger partial charge < -0.3 is 5.73 Å². The van der Waals surface area contributed by atoms with E-state index >= 15 is 0 Å². The van der Waals surface area contributed by atoms with Gasteiger partial charge in [-0.15, -0.1) is 0 Å². The number of halogens is 3. The van der Waals surface area contributed by atoms with Crippen LogP contribution in [0.25, 0.3) is 0 Å². The number of Topliss-reactive ketones (excluding diaryl/α,β-unsaturated/α-hetero) is 1. The third-order valence-corrected chi connectivity index (χ3v) is 2.60. The summed E-state index contributed by atoms with van der Waals surface area (Å²) in [6, 6.07) is 3.74. The Balaban J connectivity index is 2.96. The average Bonchev–Trinajstić information content (AvgIpc) is 2.14. The number of hydrogen-bond donors (Lipinski definition) is 1. The fourth-order valence-electron chi connectivity index (χ4n) is 1.18. The molecule has 0 radical (unpaired) electrons. The van der Waals surface area contributed by atoms with E-state index in [9.17, 15) is 18.0 Å². The molecule has 0 atom stereocenters. The second kappa shape index (κ2) is 4.78. The van der Waals surface area contributed by atoms with Gasteiger partial charge in [-0.1, -0.05) is 6.92 Å². The summed E-state index contributed by atoms with van der Waals surface area (Å²) in [5, 5.41) is 0. The lowest BCUT2D eigenvalue weighted by atomic mass is 10.1. The Labute approximate surface area is 95.0 Å². The van der Waals surface area contributed by atoms with Crippen molar-refractivity contribution < 1.29 is 18.0 Å². The standard InChI is InChI=1S/C10H10F3NOS/c1-2-9(15)7-4-3-6(5-8(7)14)16-10(11,12)13/h3-5H,2,14H2,1H3. The van der Waals surface area contributed by atoms with Gasteiger partial charge >= 0.3 is 5.51 Å². The van der Waals surface area contributed by atoms with Crippen LogP contribution >= 0.6 is 11.8 Å². The number of carbonyl (C=O) groups is 1. The first-order valence-electron chi connectivity index (χ1n) is 4.52. The highest BCUT2D eigenvalue weighted by Gasteiger charge is 2.29. The average molecular weight is 249 g/mol. The maximum Gasteiger partial charge on any atom is 0.446 e. The van der Waals surface area contributed by atoms with Crippen molar-refractivity contribution in [1.82, 2.24) is 0 Å². The number of anilines is 1. The summed E-state index contributed by atoms with van der Waals surface area (Å²) >= 11 is -0.248. The summed E-state index contributed by atoms with van der Waals surface area (Å²) in [5.41, 5.74) is 1.53. The fourth-order valence-corrected chi connectivity index (χ4v) is 1.77. The molecule has 6 heteroatoms. The number of nitrogens with two attached hydrogens (primary N) is 1. The van der Waals surface area contributed by atoms with Crippen LogP contribution in [0.15, 0.2) is 23.1 Å². The molecule has 0 heterocycles. The van der Waals surface area contributed by atoms with Crippen molar-refractivity contribution in [1.29, 1.82) is 0 Å². The molecule has 2 N–H and O–H groups in total. The highest BCUT2D eigenvalue weighted by atomic mass is 32.2. The Bertz CT molecular complexity index is 404. The summed E-state index contributed by atoms with van der Waals surface area (Å²) in [6.45, 7) is 1.67. The molecule has 0 amide bonds. The third kappa shape index (κ3) is 3.44. The Morgan fingerprint density at radius 3 is 2.50 bits per heavy atom. The minimum absolute atomic E-state index is 0.0161. The molecule has 0 saturated carbocycles. The van der Waals surface area contributed by atoms with Gasteiger partial charge in [0.25, 0.3) is 0 Å². The van der Waals surface area contributed by atoms with Crippen LogP contribution in [0.1, 0.15) is 23.7 Å². The number of benzene rings is 1. The number of nitrogen functional groups attached to an aromatic ring is 1. The zero-order valence-corrected chi connectivity index (χ0v) is 9.28. The first kappa shape index (κ1) is 12.9. The second-order valence-electron chi connectivity index (χ2n) is 3.07. The molecule has 1 aromatic rings. The lowest BCUT2D eigenvalue weighted by molar-refractivity contribution is -0.0328. The Morgan fingerprint density at radius 2 is 2.06 bits per heavy atom. The zero-order chi connectivity index (χ0) is 12.3. The van der Waals surface area contributed by atoms with E-state index < -0.39 is 5.51 Å². The molecule has 0 aromatic heterocycles. The van der Waals surface area contributed by atoms with E-state index in [1.807, 2.05) is 0 Å². The normalized spacial score (nSPS) is 11.5. The number of hydrogen-bond acceptors (Lipinski definition) is 3. The molecule has 0 fully saturated rings. The van der Waals surface area contributed by atoms with E-state index in [2.05, 4.69) is 0 Å². The van der Waals surface area contributed by atoms with Gasteiger partial charge in [-0.3, -0.25) is 4.79 Å². The monoisotopic (exact) mass is 249 g/mol. The Morgan fingerprint density at radius 1 is 1.44 bits per heavy atom. The maximum atomic E-state index is 12.1. The van der Waals surface area contributed by atoms with Gasteiger partial charge in [-0.05, 0) is 30.0 Å². The van der Waals surface area contributed by atoms with E-state index in [4.69, 9.17) is 5.73 Å². The van der Waals surface area contributed by atoms with Crippen LogP contribution in [0.3, 0.4) is 0 Å². The number of thioether (sulfide) groups is 1. The lowest BCUT2D eigenvalue weighted by Crippen LogP contribution is -2.04. The fraction of sp³-hybridized carbons (Fsp3) is 0.300. The van der Waals surface area contributed by atoms with Gasteiger partial charge in [-0.2, -0.15) is 13.2 Å². The predicted molar refractivity (Wildman–Crippen MR) is 57.4 cm³/mol. The van der Waals surface area contributed by atoms with Crippen LogP contribution < -0.4 is 5.73 Å². The van der Waals surface area contributed by atoms with Crippen molar-refractivity contribution in [2.24, 2.45) is 0 Å². The van der Waals surface area contributed by atoms with E-state index in [-0.39, 0.29) is 40.1 Å². The van der Waals surface area contributed by atoms with Crippen LogP contribution in [0.2, 0.25) is 0 Å². The van der Waals surface area contributed by atoms with E-state index in [0.717, 1.165) is 0 Å². The zero-order valence-electron chi connectivity index (χ0n) is 8.47. The number of carbonyl (C=O) groups excluding carboxylic acids is 1. The smallest absolute Gasteiger partial charge is 0.398 e. The molecule has 16 heavy (non-hydrogen) atoms. The number of rotatable bonds is 3. The first-order valence-corrected chi connectivity index (χ1v) is 5.33. The topological polar surface area (TPSA) is 43.1 Å². The van der Waals surface area contributed by atoms with Crippen molar-refractivity contribution in [3.63, 3.8) is 0 Å². The summed E-state index contributed by atoms with van der Waals surface area (Å²) < 4.78 is 36.2. The quantitative estimate of drug-likeness (QED) is 0.506. The molecule has 0 aliphatic carbocycles. The summed E-state index contributed by atoms with van der Waals surface area (Å²) in [5.74, 6) is -0.180. The number of alkyl halides is 3. The van der Waals surface area contributed by atoms with Gasteiger partial charge in [0.15, 0.2) is 5.78 Å². The van der Waals surface area contributed by atoms with Crippen LogP contribution in [0.4, 0.5) is 18.9 Å². The summed E-state index contributed by atoms with van der Waals surface area (Å²) in [4.78, 5) is 11.3. The van der Waals surface area contributed by atoms with E-state index in [1.165, 1.54) is 18.2 Å². The van der Waals surface area contributed by atoms with Crippen LogP contribution in [0.5, 0.6) is 0 Å². The van der Waals surface area contributed by atoms with Gasteiger partial charge in [0.05, 0.1) is 0 Å². The van der Waals surface area contributed by atoms with Gasteiger partial charge in [0.2, 0.25) is 0 Å².